The van der Waals surface area contributed by atoms with E-state index in [-0.39, 0.29) is 0 Å². The number of piperazine rings is 1. The summed E-state index contributed by atoms with van der Waals surface area (Å²) >= 11 is 0. The Morgan fingerprint density at radius 3 is 2.65 bits per heavy atom. The fourth-order valence-corrected chi connectivity index (χ4v) is 2.65. The number of nitrogens with zero attached hydrogens (tertiary/aromatic N) is 3. The van der Waals surface area contributed by atoms with Gasteiger partial charge in [-0.2, -0.15) is 0 Å². The van der Waals surface area contributed by atoms with Crippen LogP contribution in [0, 0.1) is 6.92 Å². The molecule has 2 aliphatic heterocycles. The third-order valence-electron chi connectivity index (χ3n) is 3.79. The molecule has 0 aliphatic carbocycles. The van der Waals surface area contributed by atoms with Crippen molar-refractivity contribution in [3.63, 3.8) is 0 Å². The van der Waals surface area contributed by atoms with Crippen LogP contribution in [0.5, 0.6) is 0 Å². The second-order valence-corrected chi connectivity index (χ2v) is 5.10. The third kappa shape index (κ3) is 1.95. The van der Waals surface area contributed by atoms with E-state index in [0.717, 1.165) is 32.7 Å². The Morgan fingerprint density at radius 1 is 1.12 bits per heavy atom. The molecule has 3 heteroatoms. The summed E-state index contributed by atoms with van der Waals surface area (Å²) in [6.45, 7) is 7.66. The van der Waals surface area contributed by atoms with E-state index in [0.29, 0.717) is 0 Å². The molecule has 2 aliphatic rings. The predicted octanol–water partition coefficient (Wildman–Crippen LogP) is 1.68. The number of benzene rings is 1. The van der Waals surface area contributed by atoms with E-state index in [1.807, 2.05) is 6.21 Å². The lowest BCUT2D eigenvalue weighted by Crippen LogP contribution is -2.44. The van der Waals surface area contributed by atoms with E-state index in [1.54, 1.807) is 0 Å². The zero-order chi connectivity index (χ0) is 11.8. The molecule has 1 fully saturated rings. The topological polar surface area (TPSA) is 18.8 Å². The highest BCUT2D eigenvalue weighted by atomic mass is 15.2. The lowest BCUT2D eigenvalue weighted by molar-refractivity contribution is 0.312. The van der Waals surface area contributed by atoms with Crippen LogP contribution in [0.4, 0.5) is 5.69 Å². The van der Waals surface area contributed by atoms with Gasteiger partial charge in [-0.3, -0.25) is 4.99 Å². The first kappa shape index (κ1) is 10.8. The maximum atomic E-state index is 4.34. The molecule has 1 saturated heterocycles. The van der Waals surface area contributed by atoms with Crippen LogP contribution < -0.4 is 4.90 Å². The first-order chi connectivity index (χ1) is 8.24. The zero-order valence-electron chi connectivity index (χ0n) is 10.6. The Bertz CT molecular complexity index is 457. The second-order valence-electron chi connectivity index (χ2n) is 5.10. The number of anilines is 1. The van der Waals surface area contributed by atoms with Crippen LogP contribution in [0.3, 0.4) is 0 Å². The molecule has 0 saturated carbocycles. The van der Waals surface area contributed by atoms with Gasteiger partial charge in [0.2, 0.25) is 0 Å². The minimum Gasteiger partial charge on any atom is -0.369 e. The third-order valence-corrected chi connectivity index (χ3v) is 3.79. The van der Waals surface area contributed by atoms with Crippen molar-refractivity contribution in [1.29, 1.82) is 0 Å². The van der Waals surface area contributed by atoms with Crippen LogP contribution in [0.1, 0.15) is 16.7 Å². The molecular weight excluding hydrogens is 210 g/mol. The molecule has 0 unspecified atom stereocenters. The van der Waals surface area contributed by atoms with Crippen LogP contribution in [0.15, 0.2) is 17.1 Å². The van der Waals surface area contributed by atoms with Gasteiger partial charge in [0.1, 0.15) is 0 Å². The number of hydrogen-bond donors (Lipinski definition) is 0. The highest BCUT2D eigenvalue weighted by Crippen LogP contribution is 2.27. The van der Waals surface area contributed by atoms with Crippen LogP contribution in [0.25, 0.3) is 0 Å². The molecule has 90 valence electrons. The van der Waals surface area contributed by atoms with Crippen molar-refractivity contribution in [2.45, 2.75) is 13.5 Å². The molecule has 3 nitrogen and oxygen atoms in total. The standard InChI is InChI=1S/C14H19N3/c1-11-7-12-9-15-10-13(12)8-14(11)17-5-3-16(2)4-6-17/h7-9H,3-6,10H2,1-2H3. The van der Waals surface area contributed by atoms with Crippen molar-refractivity contribution in [3.05, 3.63) is 28.8 Å². The lowest BCUT2D eigenvalue weighted by Gasteiger charge is -2.35. The molecule has 0 spiro atoms. The van der Waals surface area contributed by atoms with Gasteiger partial charge in [0.15, 0.2) is 0 Å². The van der Waals surface area contributed by atoms with Crippen LogP contribution in [-0.4, -0.2) is 44.3 Å². The molecule has 1 aromatic rings. The molecule has 0 radical (unpaired) electrons. The molecular formula is C14H19N3. The van der Waals surface area contributed by atoms with E-state index in [2.05, 4.69) is 40.9 Å². The minimum absolute atomic E-state index is 0.857. The first-order valence-electron chi connectivity index (χ1n) is 6.31. The van der Waals surface area contributed by atoms with Crippen molar-refractivity contribution in [1.82, 2.24) is 4.90 Å². The van der Waals surface area contributed by atoms with Crippen LogP contribution in [0.2, 0.25) is 0 Å². The summed E-state index contributed by atoms with van der Waals surface area (Å²) in [5.41, 5.74) is 5.47. The average Bonchev–Trinajstić information content (AvgIpc) is 2.76. The number of aryl methyl sites for hydroxylation is 1. The molecule has 1 aromatic carbocycles. The van der Waals surface area contributed by atoms with E-state index in [4.69, 9.17) is 0 Å². The molecule has 0 aromatic heterocycles. The van der Waals surface area contributed by atoms with E-state index >= 15 is 0 Å². The summed E-state index contributed by atoms with van der Waals surface area (Å²) in [5.74, 6) is 0. The van der Waals surface area contributed by atoms with Gasteiger partial charge < -0.3 is 9.80 Å². The Hall–Kier alpha value is -1.35. The maximum Gasteiger partial charge on any atom is 0.0647 e. The SMILES string of the molecule is Cc1cc2c(cc1N1CCN(C)CC1)CN=C2. The molecule has 0 amide bonds. The van der Waals surface area contributed by atoms with Gasteiger partial charge in [-0.25, -0.2) is 0 Å². The Balaban J connectivity index is 1.88. The van der Waals surface area contributed by atoms with Gasteiger partial charge >= 0.3 is 0 Å². The van der Waals surface area contributed by atoms with Crippen molar-refractivity contribution < 1.29 is 0 Å². The maximum absolute atomic E-state index is 4.34. The van der Waals surface area contributed by atoms with Crippen LogP contribution >= 0.6 is 0 Å². The number of aliphatic imine (C=N–C) groups is 1. The number of likely N-dealkylation sites (N-methyl/N-ethyl adjacent to an activating group) is 1. The number of rotatable bonds is 1. The summed E-state index contributed by atoms with van der Waals surface area (Å²) in [5, 5.41) is 0. The van der Waals surface area contributed by atoms with Gasteiger partial charge in [0.25, 0.3) is 0 Å². The van der Waals surface area contributed by atoms with Crippen molar-refractivity contribution in [2.75, 3.05) is 38.1 Å². The highest BCUT2D eigenvalue weighted by molar-refractivity contribution is 5.86. The first-order valence-corrected chi connectivity index (χ1v) is 6.31. The Kier molecular flexibility index (Phi) is 2.63. The van der Waals surface area contributed by atoms with Crippen LogP contribution in [-0.2, 0) is 6.54 Å². The summed E-state index contributed by atoms with van der Waals surface area (Å²) in [6, 6.07) is 4.61. The summed E-state index contributed by atoms with van der Waals surface area (Å²) in [4.78, 5) is 9.24. The monoisotopic (exact) mass is 229 g/mol. The second kappa shape index (κ2) is 4.15. The van der Waals surface area contributed by atoms with Crippen molar-refractivity contribution >= 4 is 11.9 Å². The van der Waals surface area contributed by atoms with Crippen molar-refractivity contribution in [3.8, 4) is 0 Å². The summed E-state index contributed by atoms with van der Waals surface area (Å²) < 4.78 is 0. The molecule has 2 heterocycles. The smallest absolute Gasteiger partial charge is 0.0647 e. The molecule has 3 rings (SSSR count). The van der Waals surface area contributed by atoms with E-state index in [1.165, 1.54) is 22.4 Å². The van der Waals surface area contributed by atoms with Crippen molar-refractivity contribution in [2.24, 2.45) is 4.99 Å². The largest absolute Gasteiger partial charge is 0.369 e. The average molecular weight is 229 g/mol. The van der Waals surface area contributed by atoms with Gasteiger partial charge in [0, 0.05) is 38.1 Å². The van der Waals surface area contributed by atoms with Gasteiger partial charge in [-0.1, -0.05) is 0 Å². The highest BCUT2D eigenvalue weighted by Gasteiger charge is 2.18. The van der Waals surface area contributed by atoms with Gasteiger partial charge in [0.05, 0.1) is 6.54 Å². The predicted molar refractivity (Wildman–Crippen MR) is 72.2 cm³/mol. The van der Waals surface area contributed by atoms with E-state index < -0.39 is 0 Å². The Labute approximate surface area is 103 Å². The fourth-order valence-electron chi connectivity index (χ4n) is 2.65. The molecule has 0 N–H and O–H groups in total. The molecule has 0 atom stereocenters. The Morgan fingerprint density at radius 2 is 1.88 bits per heavy atom. The molecule has 17 heavy (non-hydrogen) atoms. The normalized spacial score (nSPS) is 19.8. The minimum atomic E-state index is 0.857. The molecule has 0 bridgehead atoms. The zero-order valence-corrected chi connectivity index (χ0v) is 10.6. The van der Waals surface area contributed by atoms with E-state index in [9.17, 15) is 0 Å². The van der Waals surface area contributed by atoms with Gasteiger partial charge in [-0.15, -0.1) is 0 Å². The van der Waals surface area contributed by atoms with Gasteiger partial charge in [-0.05, 0) is 42.8 Å². The lowest BCUT2D eigenvalue weighted by atomic mass is 10.0. The quantitative estimate of drug-likeness (QED) is 0.729. The summed E-state index contributed by atoms with van der Waals surface area (Å²) in [7, 11) is 2.20. The fraction of sp³-hybridized carbons (Fsp3) is 0.500. The number of hydrogen-bond acceptors (Lipinski definition) is 3. The summed E-state index contributed by atoms with van der Waals surface area (Å²) in [6.07, 6.45) is 2.00. The number of fused-ring (bicyclic) bond motifs is 1.